The number of methoxy groups -OCH3 is 1. The SMILES string of the molecule is CN[C@@H](C)C(=O)N[C@H]1CN(C(=O)c2ccc(C(=O)N[C@H]3C[C@@H](C(=O)NC(C)C)N(C(=O)[C@@H](NC(=O)[C@H](C)NC)C4CCCCC4)C3)cc2)c2ccccc2N(Cc2c(OC)ccc3cc(Br)ccc23)C1=O. The molecule has 71 heavy (non-hydrogen) atoms. The monoisotopic (exact) mass is 1040 g/mol. The molecule has 2 aliphatic heterocycles. The van der Waals surface area contributed by atoms with Crippen LogP contribution >= 0.6 is 15.9 Å². The van der Waals surface area contributed by atoms with E-state index >= 15 is 0 Å². The second-order valence-electron chi connectivity index (χ2n) is 19.1. The molecule has 6 N–H and O–H groups in total. The van der Waals surface area contributed by atoms with E-state index < -0.39 is 59.9 Å². The van der Waals surface area contributed by atoms with E-state index in [9.17, 15) is 33.6 Å². The van der Waals surface area contributed by atoms with Crippen LogP contribution in [0.5, 0.6) is 5.75 Å². The van der Waals surface area contributed by atoms with Crippen molar-refractivity contribution in [1.29, 1.82) is 0 Å². The van der Waals surface area contributed by atoms with Crippen LogP contribution in [0.2, 0.25) is 0 Å². The van der Waals surface area contributed by atoms with E-state index in [2.05, 4.69) is 47.8 Å². The van der Waals surface area contributed by atoms with Crippen molar-refractivity contribution >= 4 is 79.4 Å². The molecule has 1 aliphatic carbocycles. The van der Waals surface area contributed by atoms with E-state index in [4.69, 9.17) is 4.74 Å². The topological polar surface area (TPSA) is 211 Å². The molecule has 0 unspecified atom stereocenters. The third-order valence-electron chi connectivity index (χ3n) is 13.9. The number of nitrogens with one attached hydrogen (secondary N) is 6. The minimum absolute atomic E-state index is 0.0535. The summed E-state index contributed by atoms with van der Waals surface area (Å²) in [6, 6.07) is 18.0. The van der Waals surface area contributed by atoms with E-state index in [1.165, 1.54) is 34.1 Å². The number of halogens is 1. The highest BCUT2D eigenvalue weighted by Crippen LogP contribution is 2.38. The van der Waals surface area contributed by atoms with Crippen LogP contribution in [-0.2, 0) is 30.5 Å². The summed E-state index contributed by atoms with van der Waals surface area (Å²) in [6.45, 7) is 6.98. The number of para-hydroxylation sites is 2. The maximum atomic E-state index is 14.9. The van der Waals surface area contributed by atoms with Gasteiger partial charge in [0.25, 0.3) is 17.7 Å². The zero-order valence-corrected chi connectivity index (χ0v) is 43.1. The van der Waals surface area contributed by atoms with Gasteiger partial charge in [-0.1, -0.05) is 59.5 Å². The molecule has 4 aromatic rings. The van der Waals surface area contributed by atoms with Crippen LogP contribution in [0.15, 0.2) is 83.3 Å². The number of hydrogen-bond donors (Lipinski definition) is 6. The first kappa shape index (κ1) is 52.5. The number of hydrogen-bond acceptors (Lipinski definition) is 10. The molecule has 1 saturated heterocycles. The molecule has 2 fully saturated rings. The molecule has 378 valence electrons. The first-order chi connectivity index (χ1) is 34.0. The van der Waals surface area contributed by atoms with Gasteiger partial charge >= 0.3 is 0 Å². The van der Waals surface area contributed by atoms with Crippen LogP contribution < -0.4 is 46.4 Å². The molecule has 6 atom stereocenters. The van der Waals surface area contributed by atoms with E-state index in [0.29, 0.717) is 17.1 Å². The lowest BCUT2D eigenvalue weighted by Gasteiger charge is -2.35. The molecule has 7 rings (SSSR count). The largest absolute Gasteiger partial charge is 0.496 e. The summed E-state index contributed by atoms with van der Waals surface area (Å²) in [7, 11) is 4.89. The van der Waals surface area contributed by atoms with Gasteiger partial charge in [-0.3, -0.25) is 33.6 Å². The molecule has 2 heterocycles. The molecule has 17 nitrogen and oxygen atoms in total. The lowest BCUT2D eigenvalue weighted by atomic mass is 9.83. The standard InChI is InChI=1S/C53H66BrN9O8/c1-30(2)57-50(67)44-26-38(27-61(44)53(70)46(33-13-9-8-10-14-33)60-48(65)32(4)56-6)58-49(66)34-17-19-35(20-18-34)51(68)63-29-41(59-47(64)31(3)55-5)52(69)62(42-15-11-12-16-43(42)63)28-40-39-23-22-37(54)25-36(39)21-24-45(40)71-7/h11-12,15-25,30-33,38,41,44,46,55-56H,8-10,13-14,26-29H2,1-7H3,(H,57,67)(H,58,66)(H,59,64)(H,60,65)/t31-,32-,38-,41-,44-,46-/m0/s1. The number of carbonyl (C=O) groups excluding carboxylic acids is 7. The zero-order valence-electron chi connectivity index (χ0n) is 41.5. The molecule has 0 bridgehead atoms. The van der Waals surface area contributed by atoms with Crippen LogP contribution in [-0.4, -0.2) is 123 Å². The second kappa shape index (κ2) is 23.2. The Morgan fingerprint density at radius 2 is 1.42 bits per heavy atom. The van der Waals surface area contributed by atoms with Crippen LogP contribution in [0.3, 0.4) is 0 Å². The minimum Gasteiger partial charge on any atom is -0.496 e. The van der Waals surface area contributed by atoms with Crippen molar-refractivity contribution < 1.29 is 38.3 Å². The first-order valence-corrected chi connectivity index (χ1v) is 25.3. The summed E-state index contributed by atoms with van der Waals surface area (Å²) in [5.41, 5.74) is 2.08. The highest BCUT2D eigenvalue weighted by atomic mass is 79.9. The van der Waals surface area contributed by atoms with Crippen molar-refractivity contribution in [2.75, 3.05) is 44.1 Å². The van der Waals surface area contributed by atoms with E-state index in [1.807, 2.05) is 44.2 Å². The number of ether oxygens (including phenoxy) is 1. The van der Waals surface area contributed by atoms with E-state index in [0.717, 1.165) is 52.9 Å². The van der Waals surface area contributed by atoms with Crippen LogP contribution in [0, 0.1) is 5.92 Å². The third-order valence-corrected chi connectivity index (χ3v) is 14.4. The van der Waals surface area contributed by atoms with Crippen LogP contribution in [0.25, 0.3) is 10.8 Å². The van der Waals surface area contributed by atoms with Gasteiger partial charge in [0.2, 0.25) is 23.6 Å². The van der Waals surface area contributed by atoms with Crippen molar-refractivity contribution in [3.05, 3.63) is 100 Å². The summed E-state index contributed by atoms with van der Waals surface area (Å²) in [4.78, 5) is 103. The predicted molar refractivity (Wildman–Crippen MR) is 276 cm³/mol. The van der Waals surface area contributed by atoms with Crippen molar-refractivity contribution in [1.82, 2.24) is 36.8 Å². The fraction of sp³-hybridized carbons (Fsp3) is 0.453. The summed E-state index contributed by atoms with van der Waals surface area (Å²) >= 11 is 3.56. The lowest BCUT2D eigenvalue weighted by molar-refractivity contribution is -0.143. The number of likely N-dealkylation sites (tertiary alicyclic amines) is 1. The van der Waals surface area contributed by atoms with Gasteiger partial charge in [-0.2, -0.15) is 0 Å². The highest BCUT2D eigenvalue weighted by Gasteiger charge is 2.45. The number of anilines is 2. The Kier molecular flexibility index (Phi) is 17.2. The van der Waals surface area contributed by atoms with Gasteiger partial charge in [-0.15, -0.1) is 0 Å². The average molecular weight is 1040 g/mol. The Hall–Kier alpha value is -6.37. The fourth-order valence-electron chi connectivity index (χ4n) is 9.77. The molecule has 3 aliphatic rings. The predicted octanol–water partition coefficient (Wildman–Crippen LogP) is 4.79. The van der Waals surface area contributed by atoms with Crippen molar-refractivity contribution in [3.63, 3.8) is 0 Å². The smallest absolute Gasteiger partial charge is 0.258 e. The Morgan fingerprint density at radius 3 is 2.08 bits per heavy atom. The summed E-state index contributed by atoms with van der Waals surface area (Å²) in [5, 5.41) is 19.5. The van der Waals surface area contributed by atoms with Crippen molar-refractivity contribution in [2.45, 2.75) is 115 Å². The molecule has 4 aromatic carbocycles. The maximum Gasteiger partial charge on any atom is 0.258 e. The van der Waals surface area contributed by atoms with Crippen LogP contribution in [0.4, 0.5) is 11.4 Å². The number of likely N-dealkylation sites (N-methyl/N-ethyl adjacent to an activating group) is 2. The highest BCUT2D eigenvalue weighted by molar-refractivity contribution is 9.10. The lowest BCUT2D eigenvalue weighted by Crippen LogP contribution is -2.58. The van der Waals surface area contributed by atoms with Gasteiger partial charge in [-0.25, -0.2) is 0 Å². The number of rotatable bonds is 16. The Bertz CT molecular complexity index is 2640. The van der Waals surface area contributed by atoms with Gasteiger partial charge in [-0.05, 0) is 132 Å². The molecule has 7 amide bonds. The number of carbonyl (C=O) groups is 7. The molecule has 18 heteroatoms. The molecular weight excluding hydrogens is 971 g/mol. The molecule has 0 radical (unpaired) electrons. The Labute approximate surface area is 423 Å². The van der Waals surface area contributed by atoms with E-state index in [-0.39, 0.29) is 66.9 Å². The molecule has 0 aromatic heterocycles. The van der Waals surface area contributed by atoms with Gasteiger partial charge < -0.3 is 51.3 Å². The Balaban J connectivity index is 1.14. The number of nitrogens with zero attached hydrogens (tertiary/aromatic N) is 3. The fourth-order valence-corrected chi connectivity index (χ4v) is 10.2. The maximum absolute atomic E-state index is 14.9. The number of fused-ring (bicyclic) bond motifs is 2. The molecule has 1 saturated carbocycles. The zero-order chi connectivity index (χ0) is 51.1. The second-order valence-corrected chi connectivity index (χ2v) is 20.0. The summed E-state index contributed by atoms with van der Waals surface area (Å²) in [5.74, 6) is -2.32. The Morgan fingerprint density at radius 1 is 0.761 bits per heavy atom. The molecule has 0 spiro atoms. The minimum atomic E-state index is -1.16. The molecular formula is C53H66BrN9O8. The van der Waals surface area contributed by atoms with Gasteiger partial charge in [0.05, 0.1) is 43.7 Å². The average Bonchev–Trinajstić information content (AvgIpc) is 3.76. The number of amides is 7. The van der Waals surface area contributed by atoms with Crippen molar-refractivity contribution in [3.8, 4) is 5.75 Å². The third kappa shape index (κ3) is 11.9. The van der Waals surface area contributed by atoms with E-state index in [1.54, 1.807) is 64.2 Å². The van der Waals surface area contributed by atoms with Crippen molar-refractivity contribution in [2.24, 2.45) is 5.92 Å². The quantitative estimate of drug-likeness (QED) is 0.0904. The van der Waals surface area contributed by atoms with Crippen LogP contribution in [0.1, 0.15) is 92.5 Å². The summed E-state index contributed by atoms with van der Waals surface area (Å²) in [6.07, 6.45) is 4.63. The normalized spacial score (nSPS) is 19.6. The first-order valence-electron chi connectivity index (χ1n) is 24.5. The van der Waals surface area contributed by atoms with Gasteiger partial charge in [0.15, 0.2) is 0 Å². The number of benzene rings is 4. The summed E-state index contributed by atoms with van der Waals surface area (Å²) < 4.78 is 6.71. The van der Waals surface area contributed by atoms with Gasteiger partial charge in [0, 0.05) is 39.8 Å². The van der Waals surface area contributed by atoms with Gasteiger partial charge in [0.1, 0.15) is 23.9 Å².